The molecular formula is C30H29N5. The zero-order chi connectivity index (χ0) is 23.5. The van der Waals surface area contributed by atoms with Gasteiger partial charge in [-0.25, -0.2) is 4.99 Å². The average molecular weight is 460 g/mol. The maximum Gasteiger partial charge on any atom is 0.144 e. The minimum Gasteiger partial charge on any atom is -0.353 e. The zero-order valence-electron chi connectivity index (χ0n) is 19.7. The molecule has 1 N–H and O–H groups in total. The fraction of sp³-hybridized carbons (Fsp3) is 0.200. The van der Waals surface area contributed by atoms with Gasteiger partial charge >= 0.3 is 0 Å². The molecule has 4 aromatic rings. The summed E-state index contributed by atoms with van der Waals surface area (Å²) in [6, 6.07) is 30.5. The molecule has 3 aromatic carbocycles. The number of fused-ring (bicyclic) bond motifs is 1. The molecule has 0 spiro atoms. The molecule has 5 nitrogen and oxygen atoms in total. The van der Waals surface area contributed by atoms with E-state index in [1.807, 2.05) is 12.4 Å². The van der Waals surface area contributed by atoms with Crippen LogP contribution in [0.4, 0.5) is 5.69 Å². The summed E-state index contributed by atoms with van der Waals surface area (Å²) in [6.45, 7) is 2.83. The van der Waals surface area contributed by atoms with Gasteiger partial charge in [0.15, 0.2) is 0 Å². The molecule has 2 aliphatic heterocycles. The average Bonchev–Trinajstić information content (AvgIpc) is 2.94. The predicted molar refractivity (Wildman–Crippen MR) is 143 cm³/mol. The Morgan fingerprint density at radius 2 is 1.66 bits per heavy atom. The van der Waals surface area contributed by atoms with Crippen LogP contribution in [-0.2, 0) is 6.42 Å². The number of nitrogens with one attached hydrogen (secondary N) is 1. The van der Waals surface area contributed by atoms with E-state index in [1.54, 1.807) is 0 Å². The Hall–Kier alpha value is -3.96. The molecule has 5 heteroatoms. The second-order valence-electron chi connectivity index (χ2n) is 9.22. The van der Waals surface area contributed by atoms with Gasteiger partial charge in [-0.3, -0.25) is 4.98 Å². The quantitative estimate of drug-likeness (QED) is 0.447. The van der Waals surface area contributed by atoms with Crippen molar-refractivity contribution >= 4 is 22.7 Å². The molecule has 0 amide bonds. The van der Waals surface area contributed by atoms with Crippen molar-refractivity contribution in [2.45, 2.75) is 18.5 Å². The minimum absolute atomic E-state index is 0.0220. The van der Waals surface area contributed by atoms with Crippen LogP contribution in [0.5, 0.6) is 0 Å². The molecule has 1 unspecified atom stereocenters. The van der Waals surface area contributed by atoms with Crippen LogP contribution < -0.4 is 10.2 Å². The number of hydrogen-bond donors (Lipinski definition) is 1. The molecule has 6 rings (SSSR count). The first-order valence-electron chi connectivity index (χ1n) is 12.3. The molecule has 0 saturated carbocycles. The minimum atomic E-state index is 0.0220. The van der Waals surface area contributed by atoms with Crippen molar-refractivity contribution in [1.29, 1.82) is 0 Å². The second-order valence-corrected chi connectivity index (χ2v) is 9.22. The van der Waals surface area contributed by atoms with Crippen molar-refractivity contribution in [2.24, 2.45) is 4.99 Å². The predicted octanol–water partition coefficient (Wildman–Crippen LogP) is 5.18. The maximum absolute atomic E-state index is 4.99. The van der Waals surface area contributed by atoms with Gasteiger partial charge in [-0.2, -0.15) is 0 Å². The van der Waals surface area contributed by atoms with Crippen molar-refractivity contribution in [3.05, 3.63) is 120 Å². The highest BCUT2D eigenvalue weighted by molar-refractivity contribution is 5.85. The maximum atomic E-state index is 4.99. The van der Waals surface area contributed by atoms with E-state index < -0.39 is 0 Å². The van der Waals surface area contributed by atoms with Crippen LogP contribution in [0.3, 0.4) is 0 Å². The van der Waals surface area contributed by atoms with Crippen molar-refractivity contribution in [3.63, 3.8) is 0 Å². The van der Waals surface area contributed by atoms with Crippen LogP contribution in [0, 0.1) is 0 Å². The van der Waals surface area contributed by atoms with E-state index >= 15 is 0 Å². The summed E-state index contributed by atoms with van der Waals surface area (Å²) in [7, 11) is 0. The van der Waals surface area contributed by atoms with Gasteiger partial charge in [0.05, 0.1) is 6.04 Å². The summed E-state index contributed by atoms with van der Waals surface area (Å²) in [5, 5.41) is 6.18. The molecule has 1 saturated heterocycles. The third-order valence-electron chi connectivity index (χ3n) is 6.88. The van der Waals surface area contributed by atoms with Crippen molar-refractivity contribution in [2.75, 3.05) is 24.5 Å². The van der Waals surface area contributed by atoms with E-state index in [-0.39, 0.29) is 6.04 Å². The highest BCUT2D eigenvalue weighted by atomic mass is 15.3. The Balaban J connectivity index is 1.29. The Labute approximate surface area is 206 Å². The zero-order valence-corrected chi connectivity index (χ0v) is 19.7. The van der Waals surface area contributed by atoms with E-state index in [0.717, 1.165) is 37.6 Å². The van der Waals surface area contributed by atoms with Crippen LogP contribution in [-0.4, -0.2) is 41.8 Å². The first kappa shape index (κ1) is 21.6. The SMILES string of the molecule is C1=NC(N2CCN[C@@H](Cc3ccccc3)C2)=CN(c2ccncc2)C1c1ccc2ccccc2c1. The number of pyridine rings is 1. The molecule has 35 heavy (non-hydrogen) atoms. The Morgan fingerprint density at radius 3 is 2.51 bits per heavy atom. The number of benzene rings is 3. The highest BCUT2D eigenvalue weighted by Gasteiger charge is 2.27. The number of aromatic nitrogens is 1. The van der Waals surface area contributed by atoms with Crippen LogP contribution in [0.2, 0.25) is 0 Å². The lowest BCUT2D eigenvalue weighted by molar-refractivity contribution is 0.242. The molecule has 0 radical (unpaired) electrons. The molecule has 2 atom stereocenters. The summed E-state index contributed by atoms with van der Waals surface area (Å²) < 4.78 is 0. The van der Waals surface area contributed by atoms with Gasteiger partial charge in [-0.1, -0.05) is 66.7 Å². The van der Waals surface area contributed by atoms with Gasteiger partial charge in [-0.15, -0.1) is 0 Å². The van der Waals surface area contributed by atoms with Crippen LogP contribution in [0.25, 0.3) is 10.8 Å². The van der Waals surface area contributed by atoms with Gasteiger partial charge in [-0.05, 0) is 46.5 Å². The summed E-state index contributed by atoms with van der Waals surface area (Å²) in [5.74, 6) is 1.01. The topological polar surface area (TPSA) is 43.8 Å². The molecule has 1 aromatic heterocycles. The normalized spacial score (nSPS) is 20.2. The number of hydrogen-bond acceptors (Lipinski definition) is 5. The number of nitrogens with zero attached hydrogens (tertiary/aromatic N) is 4. The number of aliphatic imine (C=N–C) groups is 1. The van der Waals surface area contributed by atoms with Crippen LogP contribution >= 0.6 is 0 Å². The van der Waals surface area contributed by atoms with Crippen LogP contribution in [0.15, 0.2) is 114 Å². The fourth-order valence-electron chi connectivity index (χ4n) is 5.08. The van der Waals surface area contributed by atoms with Crippen LogP contribution in [0.1, 0.15) is 17.2 Å². The van der Waals surface area contributed by atoms with Gasteiger partial charge in [0, 0.05) is 56.2 Å². The molecule has 0 bridgehead atoms. The lowest BCUT2D eigenvalue weighted by atomic mass is 10.0. The molecule has 1 fully saturated rings. The van der Waals surface area contributed by atoms with E-state index in [1.165, 1.54) is 21.9 Å². The van der Waals surface area contributed by atoms with Crippen molar-refractivity contribution in [1.82, 2.24) is 15.2 Å². The van der Waals surface area contributed by atoms with Crippen molar-refractivity contribution in [3.8, 4) is 0 Å². The molecule has 174 valence electrons. The lowest BCUT2D eigenvalue weighted by Crippen LogP contribution is -2.51. The van der Waals surface area contributed by atoms with Crippen molar-refractivity contribution < 1.29 is 0 Å². The second kappa shape index (κ2) is 9.72. The molecule has 2 aliphatic rings. The van der Waals surface area contributed by atoms with E-state index in [4.69, 9.17) is 4.99 Å². The summed E-state index contributed by atoms with van der Waals surface area (Å²) in [5.41, 5.74) is 3.70. The monoisotopic (exact) mass is 459 g/mol. The lowest BCUT2D eigenvalue weighted by Gasteiger charge is -2.39. The van der Waals surface area contributed by atoms with E-state index in [9.17, 15) is 0 Å². The smallest absolute Gasteiger partial charge is 0.144 e. The Bertz CT molecular complexity index is 1350. The van der Waals surface area contributed by atoms with Gasteiger partial charge in [0.2, 0.25) is 0 Å². The van der Waals surface area contributed by atoms with Gasteiger partial charge < -0.3 is 15.1 Å². The first-order valence-corrected chi connectivity index (χ1v) is 12.3. The molecule has 0 aliphatic carbocycles. The van der Waals surface area contributed by atoms with E-state index in [0.29, 0.717) is 6.04 Å². The van der Waals surface area contributed by atoms with E-state index in [2.05, 4.69) is 117 Å². The van der Waals surface area contributed by atoms with Gasteiger partial charge in [0.25, 0.3) is 0 Å². The standard InChI is InChI=1S/C30H29N5/c1-2-6-23(7-3-1)18-27-21-34(17-16-32-27)30-22-35(28-12-14-31-15-13-28)29(20-33-30)26-11-10-24-8-4-5-9-25(24)19-26/h1-15,19-20,22,27,29,32H,16-18,21H2/t27-,29?/m0/s1. The summed E-state index contributed by atoms with van der Waals surface area (Å²) >= 11 is 0. The molecule has 3 heterocycles. The number of anilines is 1. The molecular weight excluding hydrogens is 430 g/mol. The Morgan fingerprint density at radius 1 is 0.857 bits per heavy atom. The number of rotatable bonds is 5. The highest BCUT2D eigenvalue weighted by Crippen LogP contribution is 2.32. The summed E-state index contributed by atoms with van der Waals surface area (Å²) in [6.07, 6.45) is 9.02. The number of piperazine rings is 1. The Kier molecular flexibility index (Phi) is 5.99. The third kappa shape index (κ3) is 4.68. The van der Waals surface area contributed by atoms with Gasteiger partial charge in [0.1, 0.15) is 5.82 Å². The fourth-order valence-corrected chi connectivity index (χ4v) is 5.08. The third-order valence-corrected chi connectivity index (χ3v) is 6.88. The largest absolute Gasteiger partial charge is 0.353 e. The first-order chi connectivity index (χ1) is 17.3. The summed E-state index contributed by atoms with van der Waals surface area (Å²) in [4.78, 5) is 14.0.